The maximum atomic E-state index is 12.3. The van der Waals surface area contributed by atoms with Crippen molar-refractivity contribution in [1.82, 2.24) is 9.78 Å². The molecule has 0 saturated heterocycles. The van der Waals surface area contributed by atoms with E-state index in [1.165, 1.54) is 24.3 Å². The van der Waals surface area contributed by atoms with Crippen molar-refractivity contribution in [3.63, 3.8) is 0 Å². The van der Waals surface area contributed by atoms with Crippen molar-refractivity contribution in [2.75, 3.05) is 0 Å². The van der Waals surface area contributed by atoms with Crippen molar-refractivity contribution in [3.05, 3.63) is 99.0 Å². The normalized spacial score (nSPS) is 10.7. The van der Waals surface area contributed by atoms with Crippen LogP contribution in [0.4, 0.5) is 5.69 Å². The molecule has 0 bridgehead atoms. The second-order valence-corrected chi connectivity index (χ2v) is 7.35. The van der Waals surface area contributed by atoms with Gasteiger partial charge >= 0.3 is 5.97 Å². The Bertz CT molecular complexity index is 1250. The zero-order valence-corrected chi connectivity index (χ0v) is 17.0. The molecule has 1 N–H and O–H groups in total. The van der Waals surface area contributed by atoms with Crippen LogP contribution in [-0.4, -0.2) is 25.8 Å². The minimum Gasteiger partial charge on any atom is -0.478 e. The molecule has 8 heteroatoms. The number of carboxylic acids is 1. The Hall–Kier alpha value is -3.78. The van der Waals surface area contributed by atoms with Crippen LogP contribution in [0.15, 0.2) is 83.3 Å². The van der Waals surface area contributed by atoms with Crippen molar-refractivity contribution < 1.29 is 14.8 Å². The lowest BCUT2D eigenvalue weighted by atomic mass is 10.0. The van der Waals surface area contributed by atoms with Gasteiger partial charge in [-0.2, -0.15) is 5.10 Å². The van der Waals surface area contributed by atoms with Crippen LogP contribution in [0.1, 0.15) is 10.4 Å². The van der Waals surface area contributed by atoms with E-state index in [0.717, 1.165) is 4.47 Å². The van der Waals surface area contributed by atoms with E-state index in [1.807, 2.05) is 54.6 Å². The standard InChI is InChI=1S/C22H14BrN3O4/c23-16-7-4-8-18(13-16)25-21(15-5-2-1-3-6-15)19(22(27)28)20(24-25)14-9-11-17(12-10-14)26(29)30/h1-13H,(H,27,28). The summed E-state index contributed by atoms with van der Waals surface area (Å²) in [5.41, 5.74) is 2.45. The zero-order valence-electron chi connectivity index (χ0n) is 15.4. The van der Waals surface area contributed by atoms with Crippen LogP contribution in [0.25, 0.3) is 28.2 Å². The highest BCUT2D eigenvalue weighted by Crippen LogP contribution is 2.35. The number of hydrogen-bond acceptors (Lipinski definition) is 4. The molecule has 1 heterocycles. The first-order valence-corrected chi connectivity index (χ1v) is 9.67. The number of benzene rings is 3. The van der Waals surface area contributed by atoms with Crippen LogP contribution in [0.3, 0.4) is 0 Å². The molecular weight excluding hydrogens is 450 g/mol. The highest BCUT2D eigenvalue weighted by molar-refractivity contribution is 9.10. The second-order valence-electron chi connectivity index (χ2n) is 6.44. The van der Waals surface area contributed by atoms with E-state index in [1.54, 1.807) is 4.68 Å². The number of carbonyl (C=O) groups is 1. The van der Waals surface area contributed by atoms with Crippen LogP contribution in [0, 0.1) is 10.1 Å². The summed E-state index contributed by atoms with van der Waals surface area (Å²) in [6, 6.07) is 22.2. The Morgan fingerprint density at radius 2 is 1.67 bits per heavy atom. The van der Waals surface area contributed by atoms with E-state index >= 15 is 0 Å². The lowest BCUT2D eigenvalue weighted by Gasteiger charge is -2.09. The van der Waals surface area contributed by atoms with Gasteiger partial charge in [0.1, 0.15) is 11.3 Å². The fourth-order valence-electron chi connectivity index (χ4n) is 3.22. The van der Waals surface area contributed by atoms with E-state index in [0.29, 0.717) is 22.5 Å². The number of rotatable bonds is 5. The maximum absolute atomic E-state index is 12.3. The molecule has 0 unspecified atom stereocenters. The van der Waals surface area contributed by atoms with Crippen LogP contribution < -0.4 is 0 Å². The Labute approximate surface area is 179 Å². The molecule has 0 radical (unpaired) electrons. The number of nitrogens with zero attached hydrogens (tertiary/aromatic N) is 3. The van der Waals surface area contributed by atoms with Gasteiger partial charge in [0, 0.05) is 27.7 Å². The van der Waals surface area contributed by atoms with Crippen LogP contribution in [0.5, 0.6) is 0 Å². The molecule has 3 aromatic carbocycles. The topological polar surface area (TPSA) is 98.3 Å². The van der Waals surface area contributed by atoms with Crippen molar-refractivity contribution in [3.8, 4) is 28.2 Å². The molecule has 4 rings (SSSR count). The minimum absolute atomic E-state index is 0.0232. The van der Waals surface area contributed by atoms with E-state index < -0.39 is 10.9 Å². The van der Waals surface area contributed by atoms with Crippen molar-refractivity contribution in [2.45, 2.75) is 0 Å². The average molecular weight is 464 g/mol. The Morgan fingerprint density at radius 1 is 0.967 bits per heavy atom. The van der Waals surface area contributed by atoms with E-state index in [-0.39, 0.29) is 16.9 Å². The van der Waals surface area contributed by atoms with Crippen molar-refractivity contribution in [1.29, 1.82) is 0 Å². The molecule has 0 aliphatic carbocycles. The number of carboxylic acid groups (broad SMARTS) is 1. The van der Waals surface area contributed by atoms with Crippen LogP contribution in [-0.2, 0) is 0 Å². The van der Waals surface area contributed by atoms with Gasteiger partial charge in [0.05, 0.1) is 16.3 Å². The monoisotopic (exact) mass is 463 g/mol. The van der Waals surface area contributed by atoms with E-state index in [4.69, 9.17) is 0 Å². The van der Waals surface area contributed by atoms with Gasteiger partial charge in [-0.05, 0) is 30.3 Å². The predicted octanol–water partition coefficient (Wildman–Crippen LogP) is 5.58. The molecule has 4 aromatic rings. The molecular formula is C22H14BrN3O4. The molecule has 0 atom stereocenters. The summed E-state index contributed by atoms with van der Waals surface area (Å²) in [6.07, 6.45) is 0. The molecule has 148 valence electrons. The molecule has 0 fully saturated rings. The number of nitro benzene ring substituents is 1. The highest BCUT2D eigenvalue weighted by atomic mass is 79.9. The van der Waals surface area contributed by atoms with Gasteiger partial charge in [0.2, 0.25) is 0 Å². The highest BCUT2D eigenvalue weighted by Gasteiger charge is 2.26. The number of aromatic carboxylic acids is 1. The first kappa shape index (κ1) is 19.5. The summed E-state index contributed by atoms with van der Waals surface area (Å²) in [4.78, 5) is 22.8. The SMILES string of the molecule is O=C(O)c1c(-c2ccc([N+](=O)[O-])cc2)nn(-c2cccc(Br)c2)c1-c1ccccc1. The van der Waals surface area contributed by atoms with Gasteiger partial charge in [-0.1, -0.05) is 52.3 Å². The molecule has 0 aliphatic heterocycles. The van der Waals surface area contributed by atoms with Gasteiger partial charge in [-0.15, -0.1) is 0 Å². The van der Waals surface area contributed by atoms with Crippen LogP contribution >= 0.6 is 15.9 Å². The van der Waals surface area contributed by atoms with Gasteiger partial charge < -0.3 is 5.11 Å². The summed E-state index contributed by atoms with van der Waals surface area (Å²) >= 11 is 3.44. The molecule has 0 amide bonds. The number of aromatic nitrogens is 2. The molecule has 1 aromatic heterocycles. The lowest BCUT2D eigenvalue weighted by Crippen LogP contribution is -2.03. The molecule has 0 spiro atoms. The first-order valence-electron chi connectivity index (χ1n) is 8.88. The fourth-order valence-corrected chi connectivity index (χ4v) is 3.61. The summed E-state index contributed by atoms with van der Waals surface area (Å²) in [5.74, 6) is -1.14. The second kappa shape index (κ2) is 7.92. The number of halogens is 1. The third kappa shape index (κ3) is 3.60. The largest absolute Gasteiger partial charge is 0.478 e. The fraction of sp³-hybridized carbons (Fsp3) is 0. The van der Waals surface area contributed by atoms with Gasteiger partial charge in [0.25, 0.3) is 5.69 Å². The van der Waals surface area contributed by atoms with Gasteiger partial charge in [-0.3, -0.25) is 10.1 Å². The summed E-state index contributed by atoms with van der Waals surface area (Å²) in [7, 11) is 0. The smallest absolute Gasteiger partial charge is 0.340 e. The molecule has 0 aliphatic rings. The predicted molar refractivity (Wildman–Crippen MR) is 116 cm³/mol. The summed E-state index contributed by atoms with van der Waals surface area (Å²) in [6.45, 7) is 0. The van der Waals surface area contributed by atoms with Gasteiger partial charge in [0.15, 0.2) is 0 Å². The molecule has 30 heavy (non-hydrogen) atoms. The van der Waals surface area contributed by atoms with Crippen LogP contribution in [0.2, 0.25) is 0 Å². The summed E-state index contributed by atoms with van der Waals surface area (Å²) in [5, 5.41) is 25.6. The number of hydrogen-bond donors (Lipinski definition) is 1. The maximum Gasteiger partial charge on any atom is 0.340 e. The van der Waals surface area contributed by atoms with Crippen molar-refractivity contribution in [2.24, 2.45) is 0 Å². The lowest BCUT2D eigenvalue weighted by molar-refractivity contribution is -0.384. The molecule has 7 nitrogen and oxygen atoms in total. The van der Waals surface area contributed by atoms with E-state index in [2.05, 4.69) is 21.0 Å². The van der Waals surface area contributed by atoms with Gasteiger partial charge in [-0.25, -0.2) is 9.48 Å². The Kier molecular flexibility index (Phi) is 5.16. The first-order chi connectivity index (χ1) is 14.5. The average Bonchev–Trinajstić information content (AvgIpc) is 3.15. The zero-order chi connectivity index (χ0) is 21.3. The Balaban J connectivity index is 2.02. The third-order valence-electron chi connectivity index (χ3n) is 4.55. The van der Waals surface area contributed by atoms with Crippen molar-refractivity contribution >= 4 is 27.6 Å². The minimum atomic E-state index is -1.14. The van der Waals surface area contributed by atoms with E-state index in [9.17, 15) is 20.0 Å². The quantitative estimate of drug-likeness (QED) is 0.307. The Morgan fingerprint density at radius 3 is 2.27 bits per heavy atom. The third-order valence-corrected chi connectivity index (χ3v) is 5.04. The number of nitro groups is 1. The molecule has 0 saturated carbocycles. The number of non-ortho nitro benzene ring substituents is 1. The summed E-state index contributed by atoms with van der Waals surface area (Å²) < 4.78 is 2.41.